The standard InChI is InChI=1S/C21H24ClFN2.C2H6/c1-21(19-15-18(23)8-9-20(19)24)10-13-25(14-11-21)12-2-3-16-4-6-17(22)7-5-16;1-2/h2-9,15H,10-14,24H2,1H3;1-2H3/b3-2+;. The van der Waals surface area contributed by atoms with Crippen molar-refractivity contribution in [1.82, 2.24) is 4.90 Å². The van der Waals surface area contributed by atoms with Gasteiger partial charge in [0, 0.05) is 17.3 Å². The summed E-state index contributed by atoms with van der Waals surface area (Å²) < 4.78 is 13.6. The molecule has 3 rings (SSSR count). The molecule has 0 bridgehead atoms. The Labute approximate surface area is 167 Å². The predicted molar refractivity (Wildman–Crippen MR) is 116 cm³/mol. The molecule has 0 radical (unpaired) electrons. The molecule has 0 amide bonds. The van der Waals surface area contributed by atoms with Crippen LogP contribution in [0.25, 0.3) is 6.08 Å². The van der Waals surface area contributed by atoms with Crippen molar-refractivity contribution in [2.24, 2.45) is 0 Å². The minimum Gasteiger partial charge on any atom is -0.398 e. The molecule has 0 aromatic heterocycles. The Morgan fingerprint density at radius 1 is 1.11 bits per heavy atom. The van der Waals surface area contributed by atoms with Crippen LogP contribution in [0.15, 0.2) is 48.5 Å². The first kappa shape index (κ1) is 21.5. The molecular formula is C23H30ClFN2. The van der Waals surface area contributed by atoms with Gasteiger partial charge in [-0.2, -0.15) is 0 Å². The van der Waals surface area contributed by atoms with Gasteiger partial charge in [0.1, 0.15) is 5.82 Å². The zero-order valence-electron chi connectivity index (χ0n) is 16.5. The first-order valence-electron chi connectivity index (χ1n) is 9.66. The number of hydrogen-bond acceptors (Lipinski definition) is 2. The van der Waals surface area contributed by atoms with Gasteiger partial charge in [-0.05, 0) is 72.8 Å². The minimum atomic E-state index is -0.209. The minimum absolute atomic E-state index is 0.0530. The summed E-state index contributed by atoms with van der Waals surface area (Å²) in [5.74, 6) is -0.209. The maximum atomic E-state index is 13.6. The summed E-state index contributed by atoms with van der Waals surface area (Å²) >= 11 is 5.90. The summed E-state index contributed by atoms with van der Waals surface area (Å²) in [4.78, 5) is 2.42. The van der Waals surface area contributed by atoms with E-state index in [4.69, 9.17) is 17.3 Å². The molecule has 1 aliphatic heterocycles. The third-order valence-electron chi connectivity index (χ3n) is 5.17. The fourth-order valence-electron chi connectivity index (χ4n) is 3.46. The highest BCUT2D eigenvalue weighted by molar-refractivity contribution is 6.30. The van der Waals surface area contributed by atoms with Crippen molar-refractivity contribution in [1.29, 1.82) is 0 Å². The van der Waals surface area contributed by atoms with Crippen LogP contribution in [0.1, 0.15) is 44.7 Å². The maximum Gasteiger partial charge on any atom is 0.123 e. The largest absolute Gasteiger partial charge is 0.398 e. The normalized spacial score (nSPS) is 16.8. The van der Waals surface area contributed by atoms with E-state index in [1.54, 1.807) is 12.1 Å². The van der Waals surface area contributed by atoms with Crippen LogP contribution in [0.3, 0.4) is 0 Å². The van der Waals surface area contributed by atoms with E-state index in [-0.39, 0.29) is 11.2 Å². The average molecular weight is 389 g/mol. The molecule has 1 aliphatic rings. The van der Waals surface area contributed by atoms with Gasteiger partial charge in [0.15, 0.2) is 0 Å². The summed E-state index contributed by atoms with van der Waals surface area (Å²) in [6.07, 6.45) is 6.27. The first-order chi connectivity index (χ1) is 13.0. The molecule has 2 nitrogen and oxygen atoms in total. The predicted octanol–water partition coefficient (Wildman–Crippen LogP) is 6.15. The maximum absolute atomic E-state index is 13.6. The highest BCUT2D eigenvalue weighted by Gasteiger charge is 2.33. The summed E-state index contributed by atoms with van der Waals surface area (Å²) in [6.45, 7) is 9.07. The molecule has 0 spiro atoms. The fraction of sp³-hybridized carbons (Fsp3) is 0.391. The van der Waals surface area contributed by atoms with E-state index >= 15 is 0 Å². The zero-order chi connectivity index (χ0) is 19.9. The van der Waals surface area contributed by atoms with Gasteiger partial charge in [-0.3, -0.25) is 4.90 Å². The molecule has 2 N–H and O–H groups in total. The highest BCUT2D eigenvalue weighted by atomic mass is 35.5. The van der Waals surface area contributed by atoms with Gasteiger partial charge in [0.2, 0.25) is 0 Å². The Bertz CT molecular complexity index is 747. The van der Waals surface area contributed by atoms with Crippen molar-refractivity contribution in [2.45, 2.75) is 39.0 Å². The number of likely N-dealkylation sites (tertiary alicyclic amines) is 1. The summed E-state index contributed by atoms with van der Waals surface area (Å²) in [5, 5.41) is 0.754. The van der Waals surface area contributed by atoms with E-state index in [1.807, 2.05) is 38.1 Å². The number of nitrogen functional groups attached to an aromatic ring is 1. The highest BCUT2D eigenvalue weighted by Crippen LogP contribution is 2.38. The Morgan fingerprint density at radius 2 is 1.74 bits per heavy atom. The Hall–Kier alpha value is -1.84. The van der Waals surface area contributed by atoms with Crippen LogP contribution in [0.5, 0.6) is 0 Å². The second-order valence-electron chi connectivity index (χ2n) is 7.05. The Morgan fingerprint density at radius 3 is 2.37 bits per heavy atom. The molecule has 27 heavy (non-hydrogen) atoms. The van der Waals surface area contributed by atoms with E-state index in [0.29, 0.717) is 5.69 Å². The third-order valence-corrected chi connectivity index (χ3v) is 5.42. The second-order valence-corrected chi connectivity index (χ2v) is 7.48. The van der Waals surface area contributed by atoms with Crippen molar-refractivity contribution < 1.29 is 4.39 Å². The van der Waals surface area contributed by atoms with Crippen LogP contribution in [0.2, 0.25) is 5.02 Å². The van der Waals surface area contributed by atoms with E-state index in [9.17, 15) is 4.39 Å². The van der Waals surface area contributed by atoms with Crippen molar-refractivity contribution >= 4 is 23.4 Å². The fourth-order valence-corrected chi connectivity index (χ4v) is 3.59. The lowest BCUT2D eigenvalue weighted by atomic mass is 9.74. The van der Waals surface area contributed by atoms with Crippen LogP contribution in [-0.2, 0) is 5.41 Å². The van der Waals surface area contributed by atoms with Crippen LogP contribution in [-0.4, -0.2) is 24.5 Å². The van der Waals surface area contributed by atoms with Crippen molar-refractivity contribution in [3.63, 3.8) is 0 Å². The van der Waals surface area contributed by atoms with Gasteiger partial charge in [0.25, 0.3) is 0 Å². The molecule has 1 heterocycles. The molecule has 1 saturated heterocycles. The van der Waals surface area contributed by atoms with Crippen molar-refractivity contribution in [2.75, 3.05) is 25.4 Å². The summed E-state index contributed by atoms with van der Waals surface area (Å²) in [7, 11) is 0. The monoisotopic (exact) mass is 388 g/mol. The molecule has 0 unspecified atom stereocenters. The average Bonchev–Trinajstić information content (AvgIpc) is 2.68. The Balaban J connectivity index is 0.00000126. The van der Waals surface area contributed by atoms with Crippen LogP contribution in [0, 0.1) is 5.82 Å². The van der Waals surface area contributed by atoms with Gasteiger partial charge in [-0.1, -0.05) is 56.7 Å². The third kappa shape index (κ3) is 5.82. The number of nitrogens with zero attached hydrogens (tertiary/aromatic N) is 1. The number of piperidine rings is 1. The van der Waals surface area contributed by atoms with Gasteiger partial charge in [-0.25, -0.2) is 4.39 Å². The van der Waals surface area contributed by atoms with E-state index in [0.717, 1.165) is 48.6 Å². The molecule has 1 fully saturated rings. The van der Waals surface area contributed by atoms with Gasteiger partial charge in [0.05, 0.1) is 0 Å². The number of nitrogens with two attached hydrogens (primary N) is 1. The van der Waals surface area contributed by atoms with Gasteiger partial charge < -0.3 is 5.73 Å². The number of halogens is 2. The van der Waals surface area contributed by atoms with E-state index < -0.39 is 0 Å². The summed E-state index contributed by atoms with van der Waals surface area (Å²) in [5.41, 5.74) is 8.84. The lowest BCUT2D eigenvalue weighted by Gasteiger charge is -2.40. The van der Waals surface area contributed by atoms with Crippen molar-refractivity contribution in [3.05, 3.63) is 70.5 Å². The Kier molecular flexibility index (Phi) is 7.88. The number of benzene rings is 2. The second kappa shape index (κ2) is 9.91. The SMILES string of the molecule is CC.CC1(c2cc(F)ccc2N)CCN(C/C=C/c2ccc(Cl)cc2)CC1. The number of rotatable bonds is 4. The first-order valence-corrected chi connectivity index (χ1v) is 10.0. The van der Waals surface area contributed by atoms with E-state index in [1.165, 1.54) is 6.07 Å². The topological polar surface area (TPSA) is 29.3 Å². The molecule has 2 aromatic carbocycles. The van der Waals surface area contributed by atoms with Gasteiger partial charge in [-0.15, -0.1) is 0 Å². The van der Waals surface area contributed by atoms with Crippen LogP contribution in [0.4, 0.5) is 10.1 Å². The summed E-state index contributed by atoms with van der Waals surface area (Å²) in [6, 6.07) is 12.5. The van der Waals surface area contributed by atoms with Crippen LogP contribution < -0.4 is 5.73 Å². The van der Waals surface area contributed by atoms with Crippen LogP contribution >= 0.6 is 11.6 Å². The molecule has 0 saturated carbocycles. The molecule has 0 atom stereocenters. The molecular weight excluding hydrogens is 359 g/mol. The zero-order valence-corrected chi connectivity index (χ0v) is 17.3. The quantitative estimate of drug-likeness (QED) is 0.636. The molecule has 0 aliphatic carbocycles. The number of hydrogen-bond donors (Lipinski definition) is 1. The number of anilines is 1. The van der Waals surface area contributed by atoms with E-state index in [2.05, 4.69) is 24.0 Å². The molecule has 4 heteroatoms. The lowest BCUT2D eigenvalue weighted by Crippen LogP contribution is -2.41. The lowest BCUT2D eigenvalue weighted by molar-refractivity contribution is 0.183. The van der Waals surface area contributed by atoms with Crippen molar-refractivity contribution in [3.8, 4) is 0 Å². The molecule has 146 valence electrons. The van der Waals surface area contributed by atoms with Gasteiger partial charge >= 0.3 is 0 Å². The molecule has 2 aromatic rings. The smallest absolute Gasteiger partial charge is 0.123 e.